The van der Waals surface area contributed by atoms with Crippen molar-refractivity contribution in [3.8, 4) is 0 Å². The highest BCUT2D eigenvalue weighted by atomic mass is 19.3. The van der Waals surface area contributed by atoms with E-state index in [9.17, 15) is 18.0 Å². The average Bonchev–Trinajstić information content (AvgIpc) is 2.75. The Morgan fingerprint density at radius 3 is 2.75 bits per heavy atom. The van der Waals surface area contributed by atoms with Crippen LogP contribution in [0.5, 0.6) is 0 Å². The van der Waals surface area contributed by atoms with E-state index in [4.69, 9.17) is 5.73 Å². The van der Waals surface area contributed by atoms with E-state index >= 15 is 0 Å². The van der Waals surface area contributed by atoms with E-state index in [0.29, 0.717) is 12.1 Å². The van der Waals surface area contributed by atoms with E-state index in [2.05, 4.69) is 25.9 Å². The number of benzene rings is 1. The van der Waals surface area contributed by atoms with Gasteiger partial charge in [-0.25, -0.2) is 18.2 Å². The standard InChI is InChI=1S/C22H23F3N6O/c1-27-18-17(7-4-8-22(18,24)25)30-21-15(23)10-14(19(26)32)20(31-21)29-13-9-12-5-2-3-6-16(12)28-11-13/h2-3,5-6,9-11,17-18,27H,4,7-8H2,1H3,(H2,26,32)(H2,29,30,31)/t17?,18-/m1/s1. The van der Waals surface area contributed by atoms with Gasteiger partial charge in [0.05, 0.1) is 29.0 Å². The lowest BCUT2D eigenvalue weighted by atomic mass is 9.87. The van der Waals surface area contributed by atoms with Crippen molar-refractivity contribution in [2.45, 2.75) is 37.3 Å². The van der Waals surface area contributed by atoms with Crippen molar-refractivity contribution >= 4 is 34.1 Å². The first-order valence-corrected chi connectivity index (χ1v) is 10.2. The number of rotatable bonds is 6. The van der Waals surface area contributed by atoms with Crippen molar-refractivity contribution in [3.63, 3.8) is 0 Å². The van der Waals surface area contributed by atoms with Gasteiger partial charge in [0.1, 0.15) is 5.82 Å². The average molecular weight is 444 g/mol. The van der Waals surface area contributed by atoms with Gasteiger partial charge in [0.15, 0.2) is 11.6 Å². The molecule has 168 valence electrons. The molecule has 0 aliphatic heterocycles. The fourth-order valence-electron chi connectivity index (χ4n) is 4.07. The van der Waals surface area contributed by atoms with Gasteiger partial charge in [-0.1, -0.05) is 18.2 Å². The molecule has 0 saturated heterocycles. The second-order valence-corrected chi connectivity index (χ2v) is 7.79. The molecule has 1 aromatic carbocycles. The smallest absolute Gasteiger partial charge is 0.265 e. The Morgan fingerprint density at radius 2 is 2.00 bits per heavy atom. The molecule has 5 N–H and O–H groups in total. The molecule has 32 heavy (non-hydrogen) atoms. The maximum Gasteiger partial charge on any atom is 0.265 e. The maximum atomic E-state index is 14.7. The van der Waals surface area contributed by atoms with Crippen LogP contribution >= 0.6 is 0 Å². The number of hydrogen-bond acceptors (Lipinski definition) is 6. The van der Waals surface area contributed by atoms with E-state index in [1.54, 1.807) is 12.3 Å². The van der Waals surface area contributed by atoms with E-state index in [-0.39, 0.29) is 30.0 Å². The number of pyridine rings is 2. The van der Waals surface area contributed by atoms with Crippen LogP contribution in [-0.2, 0) is 0 Å². The molecule has 10 heteroatoms. The number of hydrogen-bond donors (Lipinski definition) is 4. The number of alkyl halides is 2. The molecule has 2 atom stereocenters. The van der Waals surface area contributed by atoms with Crippen molar-refractivity contribution in [3.05, 3.63) is 54.0 Å². The van der Waals surface area contributed by atoms with Gasteiger partial charge in [-0.05, 0) is 38.1 Å². The van der Waals surface area contributed by atoms with Gasteiger partial charge in [-0.3, -0.25) is 9.78 Å². The number of amides is 1. The first-order valence-electron chi connectivity index (χ1n) is 10.2. The third-order valence-electron chi connectivity index (χ3n) is 5.61. The summed E-state index contributed by atoms with van der Waals surface area (Å²) < 4.78 is 43.3. The lowest BCUT2D eigenvalue weighted by Gasteiger charge is -2.38. The zero-order valence-corrected chi connectivity index (χ0v) is 17.3. The van der Waals surface area contributed by atoms with Gasteiger partial charge in [-0.2, -0.15) is 0 Å². The predicted octanol–water partition coefficient (Wildman–Crippen LogP) is 3.80. The lowest BCUT2D eigenvalue weighted by Crippen LogP contribution is -2.56. The summed E-state index contributed by atoms with van der Waals surface area (Å²) in [6.45, 7) is 0. The third-order valence-corrected chi connectivity index (χ3v) is 5.61. The summed E-state index contributed by atoms with van der Waals surface area (Å²) in [5.74, 6) is -4.91. The van der Waals surface area contributed by atoms with E-state index < -0.39 is 29.7 Å². The molecular weight excluding hydrogens is 421 g/mol. The Balaban J connectivity index is 1.67. The Kier molecular flexibility index (Phi) is 5.88. The molecule has 1 fully saturated rings. The molecule has 3 aromatic rings. The summed E-state index contributed by atoms with van der Waals surface area (Å²) in [5.41, 5.74) is 6.53. The van der Waals surface area contributed by atoms with Crippen LogP contribution in [0.15, 0.2) is 42.6 Å². The molecule has 2 heterocycles. The molecule has 1 aliphatic rings. The van der Waals surface area contributed by atoms with Crippen LogP contribution in [0.3, 0.4) is 0 Å². The molecular formula is C22H23F3N6O. The molecule has 1 aliphatic carbocycles. The number of carbonyl (C=O) groups excluding carboxylic acids is 1. The van der Waals surface area contributed by atoms with Gasteiger partial charge < -0.3 is 21.7 Å². The molecule has 0 radical (unpaired) electrons. The van der Waals surface area contributed by atoms with E-state index in [0.717, 1.165) is 17.0 Å². The fourth-order valence-corrected chi connectivity index (χ4v) is 4.07. The number of halogens is 3. The number of likely N-dealkylation sites (N-methyl/N-ethyl adjacent to an activating group) is 1. The maximum absolute atomic E-state index is 14.7. The number of carbonyl (C=O) groups is 1. The second kappa shape index (κ2) is 8.62. The van der Waals surface area contributed by atoms with Crippen LogP contribution < -0.4 is 21.7 Å². The SMILES string of the molecule is CN[C@@H]1C(Nc2nc(Nc3cnc4ccccc4c3)c(C(N)=O)cc2F)CCCC1(F)F. The molecule has 1 saturated carbocycles. The number of fused-ring (bicyclic) bond motifs is 1. The van der Waals surface area contributed by atoms with E-state index in [1.807, 2.05) is 24.3 Å². The van der Waals surface area contributed by atoms with Gasteiger partial charge in [-0.15, -0.1) is 0 Å². The molecule has 1 unspecified atom stereocenters. The Morgan fingerprint density at radius 1 is 1.22 bits per heavy atom. The van der Waals surface area contributed by atoms with Crippen LogP contribution in [0, 0.1) is 5.82 Å². The number of nitrogens with two attached hydrogens (primary N) is 1. The largest absolute Gasteiger partial charge is 0.365 e. The summed E-state index contributed by atoms with van der Waals surface area (Å²) in [6.07, 6.45) is 2.01. The highest BCUT2D eigenvalue weighted by Gasteiger charge is 2.46. The summed E-state index contributed by atoms with van der Waals surface area (Å²) in [6, 6.07) is 8.25. The van der Waals surface area contributed by atoms with Crippen LogP contribution in [0.2, 0.25) is 0 Å². The fraction of sp³-hybridized carbons (Fsp3) is 0.318. The number of nitrogens with one attached hydrogen (secondary N) is 3. The first-order chi connectivity index (χ1) is 15.3. The van der Waals surface area contributed by atoms with Crippen molar-refractivity contribution in [1.82, 2.24) is 15.3 Å². The summed E-state index contributed by atoms with van der Waals surface area (Å²) in [7, 11) is 1.44. The molecule has 2 aromatic heterocycles. The normalized spacial score (nSPS) is 20.1. The highest BCUT2D eigenvalue weighted by Crippen LogP contribution is 2.35. The van der Waals surface area contributed by atoms with Crippen molar-refractivity contribution < 1.29 is 18.0 Å². The van der Waals surface area contributed by atoms with Gasteiger partial charge in [0, 0.05) is 17.8 Å². The third kappa shape index (κ3) is 4.31. The summed E-state index contributed by atoms with van der Waals surface area (Å²) in [4.78, 5) is 20.4. The van der Waals surface area contributed by atoms with Gasteiger partial charge in [0.25, 0.3) is 11.8 Å². The molecule has 1 amide bonds. The quantitative estimate of drug-likeness (QED) is 0.461. The van der Waals surface area contributed by atoms with Crippen molar-refractivity contribution in [2.75, 3.05) is 17.7 Å². The minimum absolute atomic E-state index is 0.00191. The van der Waals surface area contributed by atoms with Crippen LogP contribution in [0.1, 0.15) is 29.6 Å². The number of aromatic nitrogens is 2. The Hall–Kier alpha value is -3.40. The first kappa shape index (κ1) is 21.8. The number of primary amides is 1. The highest BCUT2D eigenvalue weighted by molar-refractivity contribution is 5.98. The Labute approximate surface area is 182 Å². The summed E-state index contributed by atoms with van der Waals surface area (Å²) in [5, 5.41) is 9.21. The summed E-state index contributed by atoms with van der Waals surface area (Å²) >= 11 is 0. The second-order valence-electron chi connectivity index (χ2n) is 7.79. The topological polar surface area (TPSA) is 105 Å². The van der Waals surface area contributed by atoms with Gasteiger partial charge >= 0.3 is 0 Å². The van der Waals surface area contributed by atoms with Crippen LogP contribution in [0.25, 0.3) is 10.9 Å². The molecule has 4 rings (SSSR count). The lowest BCUT2D eigenvalue weighted by molar-refractivity contribution is -0.0654. The number of para-hydroxylation sites is 1. The minimum atomic E-state index is -2.94. The molecule has 0 spiro atoms. The van der Waals surface area contributed by atoms with Crippen LogP contribution in [0.4, 0.5) is 30.5 Å². The van der Waals surface area contributed by atoms with Crippen LogP contribution in [-0.4, -0.2) is 40.9 Å². The molecule has 0 bridgehead atoms. The molecule has 7 nitrogen and oxygen atoms in total. The monoisotopic (exact) mass is 444 g/mol. The number of anilines is 3. The minimum Gasteiger partial charge on any atom is -0.365 e. The predicted molar refractivity (Wildman–Crippen MR) is 117 cm³/mol. The van der Waals surface area contributed by atoms with Crippen molar-refractivity contribution in [2.24, 2.45) is 5.73 Å². The Bertz CT molecular complexity index is 1160. The van der Waals surface area contributed by atoms with E-state index in [1.165, 1.54) is 7.05 Å². The zero-order chi connectivity index (χ0) is 22.9. The zero-order valence-electron chi connectivity index (χ0n) is 17.3. The van der Waals surface area contributed by atoms with Gasteiger partial charge in [0.2, 0.25) is 0 Å². The van der Waals surface area contributed by atoms with Crippen molar-refractivity contribution in [1.29, 1.82) is 0 Å². The number of nitrogens with zero attached hydrogens (tertiary/aromatic N) is 2.